The van der Waals surface area contributed by atoms with E-state index in [1.165, 1.54) is 11.3 Å². The zero-order valence-electron chi connectivity index (χ0n) is 12.4. The smallest absolute Gasteiger partial charge is 0.407 e. The van der Waals surface area contributed by atoms with E-state index in [0.29, 0.717) is 0 Å². The predicted octanol–water partition coefficient (Wildman–Crippen LogP) is 2.79. The van der Waals surface area contributed by atoms with Gasteiger partial charge in [-0.2, -0.15) is 0 Å². The Labute approximate surface area is 136 Å². The Kier molecular flexibility index (Phi) is 3.64. The van der Waals surface area contributed by atoms with Crippen LogP contribution in [0.1, 0.15) is 33.6 Å². The lowest BCUT2D eigenvalue weighted by molar-refractivity contribution is 0.0493. The highest BCUT2D eigenvalue weighted by molar-refractivity contribution is 9.11. The first-order valence-corrected chi connectivity index (χ1v) is 8.62. The predicted molar refractivity (Wildman–Crippen MR) is 84.6 cm³/mol. The molecule has 1 atom stereocenters. The summed E-state index contributed by atoms with van der Waals surface area (Å²) in [5.41, 5.74) is -0.280. The van der Waals surface area contributed by atoms with E-state index in [1.54, 1.807) is 0 Å². The summed E-state index contributed by atoms with van der Waals surface area (Å²) in [5.74, 6) is 0. The van der Waals surface area contributed by atoms with Crippen LogP contribution in [0, 0.1) is 5.41 Å². The molecular formula is C13H19BrN4O2S. The number of hydrogen-bond donors (Lipinski definition) is 1. The summed E-state index contributed by atoms with van der Waals surface area (Å²) < 4.78 is 6.15. The zero-order chi connectivity index (χ0) is 15.3. The highest BCUT2D eigenvalue weighted by Crippen LogP contribution is 2.53. The van der Waals surface area contributed by atoms with Crippen molar-refractivity contribution in [3.8, 4) is 0 Å². The number of anilines is 1. The van der Waals surface area contributed by atoms with Gasteiger partial charge in [0.1, 0.15) is 5.60 Å². The molecule has 1 aromatic rings. The lowest BCUT2D eigenvalue weighted by Crippen LogP contribution is -2.44. The van der Waals surface area contributed by atoms with Crippen LogP contribution in [-0.4, -0.2) is 41.0 Å². The third-order valence-electron chi connectivity index (χ3n) is 3.89. The van der Waals surface area contributed by atoms with Gasteiger partial charge in [-0.05, 0) is 49.5 Å². The number of rotatable bonds is 2. The fourth-order valence-electron chi connectivity index (χ4n) is 2.76. The zero-order valence-corrected chi connectivity index (χ0v) is 14.8. The molecule has 21 heavy (non-hydrogen) atoms. The first-order chi connectivity index (χ1) is 9.77. The summed E-state index contributed by atoms with van der Waals surface area (Å²) in [7, 11) is 0. The van der Waals surface area contributed by atoms with Crippen molar-refractivity contribution in [3.63, 3.8) is 0 Å². The standard InChI is InChI=1S/C13H19BrN4O2S/c1-12(2,3)20-11(19)15-8-6-18(7-13(8)4-5-13)10-17-16-9(14)21-10/h8H,4-7H2,1-3H3,(H,15,19)/t8-/m1/s1. The molecule has 2 heterocycles. The number of carbonyl (C=O) groups excluding carboxylic acids is 1. The maximum atomic E-state index is 12.0. The highest BCUT2D eigenvalue weighted by atomic mass is 79.9. The van der Waals surface area contributed by atoms with Crippen molar-refractivity contribution >= 4 is 38.5 Å². The first kappa shape index (κ1) is 15.0. The monoisotopic (exact) mass is 374 g/mol. The lowest BCUT2D eigenvalue weighted by atomic mass is 10.0. The van der Waals surface area contributed by atoms with Crippen LogP contribution in [0.2, 0.25) is 0 Å². The molecule has 1 spiro atoms. The molecule has 0 unspecified atom stereocenters. The number of halogens is 1. The van der Waals surface area contributed by atoms with Crippen molar-refractivity contribution in [2.75, 3.05) is 18.0 Å². The van der Waals surface area contributed by atoms with Gasteiger partial charge in [-0.1, -0.05) is 11.3 Å². The molecule has 3 rings (SSSR count). The molecule has 2 fully saturated rings. The van der Waals surface area contributed by atoms with E-state index in [4.69, 9.17) is 4.74 Å². The first-order valence-electron chi connectivity index (χ1n) is 7.01. The summed E-state index contributed by atoms with van der Waals surface area (Å²) >= 11 is 4.86. The molecule has 116 valence electrons. The molecule has 0 bridgehead atoms. The third kappa shape index (κ3) is 3.31. The average Bonchev–Trinajstić information content (AvgIpc) is 2.84. The maximum Gasteiger partial charge on any atom is 0.407 e. The van der Waals surface area contributed by atoms with Crippen LogP contribution >= 0.6 is 27.3 Å². The average molecular weight is 375 g/mol. The molecule has 1 aliphatic heterocycles. The Bertz CT molecular complexity index is 553. The number of nitrogens with zero attached hydrogens (tertiary/aromatic N) is 3. The van der Waals surface area contributed by atoms with Crippen LogP contribution in [0.4, 0.5) is 9.93 Å². The summed E-state index contributed by atoms with van der Waals surface area (Å²) in [4.78, 5) is 14.2. The minimum Gasteiger partial charge on any atom is -0.444 e. The fourth-order valence-corrected chi connectivity index (χ4v) is 3.85. The summed E-state index contributed by atoms with van der Waals surface area (Å²) in [6, 6.07) is 0.120. The minimum atomic E-state index is -0.469. The third-order valence-corrected chi connectivity index (χ3v) is 5.31. The summed E-state index contributed by atoms with van der Waals surface area (Å²) in [6.07, 6.45) is 1.95. The van der Waals surface area contributed by atoms with Gasteiger partial charge in [0, 0.05) is 18.5 Å². The normalized spacial score (nSPS) is 23.4. The molecule has 1 amide bonds. The molecule has 1 aromatic heterocycles. The molecule has 1 saturated heterocycles. The van der Waals surface area contributed by atoms with Crippen molar-refractivity contribution in [1.29, 1.82) is 0 Å². The number of nitrogens with one attached hydrogen (secondary N) is 1. The summed E-state index contributed by atoms with van der Waals surface area (Å²) in [6.45, 7) is 7.31. The Balaban J connectivity index is 1.65. The van der Waals surface area contributed by atoms with Gasteiger partial charge in [0.2, 0.25) is 5.13 Å². The molecule has 6 nitrogen and oxygen atoms in total. The molecule has 1 aliphatic carbocycles. The lowest BCUT2D eigenvalue weighted by Gasteiger charge is -2.23. The highest BCUT2D eigenvalue weighted by Gasteiger charge is 2.56. The number of amides is 1. The van der Waals surface area contributed by atoms with Crippen molar-refractivity contribution in [2.24, 2.45) is 5.41 Å². The van der Waals surface area contributed by atoms with Crippen LogP contribution in [0.25, 0.3) is 0 Å². The van der Waals surface area contributed by atoms with Crippen molar-refractivity contribution in [1.82, 2.24) is 15.5 Å². The van der Waals surface area contributed by atoms with E-state index in [-0.39, 0.29) is 17.6 Å². The Morgan fingerprint density at radius 2 is 2.19 bits per heavy atom. The van der Waals surface area contributed by atoms with Crippen LogP contribution < -0.4 is 10.2 Å². The van der Waals surface area contributed by atoms with Crippen molar-refractivity contribution in [2.45, 2.75) is 45.3 Å². The Morgan fingerprint density at radius 3 is 2.71 bits per heavy atom. The van der Waals surface area contributed by atoms with Crippen LogP contribution in [0.5, 0.6) is 0 Å². The number of carbonyl (C=O) groups is 1. The van der Waals surface area contributed by atoms with Gasteiger partial charge < -0.3 is 15.0 Å². The van der Waals surface area contributed by atoms with Crippen LogP contribution in [-0.2, 0) is 4.74 Å². The van der Waals surface area contributed by atoms with E-state index in [0.717, 1.165) is 35.0 Å². The molecular weight excluding hydrogens is 356 g/mol. The molecule has 2 aliphatic rings. The number of alkyl carbamates (subject to hydrolysis) is 1. The summed E-state index contributed by atoms with van der Waals surface area (Å²) in [5, 5.41) is 12.1. The van der Waals surface area contributed by atoms with E-state index < -0.39 is 5.60 Å². The SMILES string of the molecule is CC(C)(C)OC(=O)N[C@@H]1CN(c2nnc(Br)s2)CC12CC2. The van der Waals surface area contributed by atoms with Crippen molar-refractivity contribution in [3.05, 3.63) is 3.92 Å². The second-order valence-electron chi connectivity index (χ2n) is 6.78. The molecule has 1 saturated carbocycles. The number of aromatic nitrogens is 2. The van der Waals surface area contributed by atoms with Gasteiger partial charge in [-0.25, -0.2) is 4.79 Å². The number of ether oxygens (including phenoxy) is 1. The maximum absolute atomic E-state index is 12.0. The molecule has 0 radical (unpaired) electrons. The Morgan fingerprint density at radius 1 is 1.48 bits per heavy atom. The second kappa shape index (κ2) is 5.08. The van der Waals surface area contributed by atoms with Crippen LogP contribution in [0.15, 0.2) is 3.92 Å². The molecule has 0 aromatic carbocycles. The second-order valence-corrected chi connectivity index (χ2v) is 9.01. The molecule has 1 N–H and O–H groups in total. The molecule has 8 heteroatoms. The van der Waals surface area contributed by atoms with E-state index in [1.807, 2.05) is 20.8 Å². The van der Waals surface area contributed by atoms with Gasteiger partial charge in [0.25, 0.3) is 0 Å². The van der Waals surface area contributed by atoms with E-state index in [9.17, 15) is 4.79 Å². The van der Waals surface area contributed by atoms with Gasteiger partial charge in [0.05, 0.1) is 6.04 Å². The van der Waals surface area contributed by atoms with Crippen LogP contribution in [0.3, 0.4) is 0 Å². The quantitative estimate of drug-likeness (QED) is 0.861. The number of hydrogen-bond acceptors (Lipinski definition) is 6. The van der Waals surface area contributed by atoms with Gasteiger partial charge in [-0.3, -0.25) is 0 Å². The van der Waals surface area contributed by atoms with E-state index in [2.05, 4.69) is 36.3 Å². The van der Waals surface area contributed by atoms with Gasteiger partial charge in [0.15, 0.2) is 3.92 Å². The fraction of sp³-hybridized carbons (Fsp3) is 0.769. The van der Waals surface area contributed by atoms with Crippen molar-refractivity contribution < 1.29 is 9.53 Å². The van der Waals surface area contributed by atoms with Gasteiger partial charge in [-0.15, -0.1) is 10.2 Å². The Hall–Kier alpha value is -0.890. The van der Waals surface area contributed by atoms with Gasteiger partial charge >= 0.3 is 6.09 Å². The van der Waals surface area contributed by atoms with E-state index >= 15 is 0 Å². The largest absolute Gasteiger partial charge is 0.444 e. The minimum absolute atomic E-state index is 0.120. The topological polar surface area (TPSA) is 67.3 Å².